The highest BCUT2D eigenvalue weighted by molar-refractivity contribution is 6.32. The molecule has 2 aliphatic rings. The zero-order valence-corrected chi connectivity index (χ0v) is 11.1. The van der Waals surface area contributed by atoms with Gasteiger partial charge in [0, 0.05) is 29.8 Å². The molecule has 0 aliphatic carbocycles. The third-order valence-corrected chi connectivity index (χ3v) is 3.77. The minimum atomic E-state index is -0.648. The molecule has 3 rings (SSSR count). The highest BCUT2D eigenvalue weighted by atomic mass is 35.5. The van der Waals surface area contributed by atoms with Crippen molar-refractivity contribution in [2.75, 3.05) is 25.1 Å². The van der Waals surface area contributed by atoms with E-state index in [0.29, 0.717) is 34.5 Å². The molecule has 0 spiro atoms. The van der Waals surface area contributed by atoms with Gasteiger partial charge in [0.05, 0.1) is 18.2 Å². The number of carbonyl (C=O) groups excluding carboxylic acids is 1. The number of nitrogens with two attached hydrogens (primary N) is 1. The summed E-state index contributed by atoms with van der Waals surface area (Å²) in [7, 11) is 0. The Kier molecular flexibility index (Phi) is 3.35. The van der Waals surface area contributed by atoms with Crippen molar-refractivity contribution in [2.24, 2.45) is 11.7 Å². The Morgan fingerprint density at radius 1 is 1.53 bits per heavy atom. The first-order chi connectivity index (χ1) is 9.15. The molecular weight excluding hydrogens is 268 g/mol. The fourth-order valence-electron chi connectivity index (χ4n) is 2.32. The van der Waals surface area contributed by atoms with E-state index in [0.717, 1.165) is 19.6 Å². The molecule has 5 nitrogen and oxygen atoms in total. The van der Waals surface area contributed by atoms with E-state index in [9.17, 15) is 4.79 Å². The molecular formula is C13H15ClN2O3. The summed E-state index contributed by atoms with van der Waals surface area (Å²) in [6.45, 7) is 2.08. The number of hydrogen-bond acceptors (Lipinski definition) is 4. The van der Waals surface area contributed by atoms with Gasteiger partial charge < -0.3 is 20.5 Å². The number of benzene rings is 1. The van der Waals surface area contributed by atoms with Crippen LogP contribution in [0.15, 0.2) is 12.1 Å². The Hall–Kier alpha value is -1.30. The molecule has 1 fully saturated rings. The van der Waals surface area contributed by atoms with Gasteiger partial charge in [-0.1, -0.05) is 11.6 Å². The van der Waals surface area contributed by atoms with E-state index in [4.69, 9.17) is 26.8 Å². The summed E-state index contributed by atoms with van der Waals surface area (Å²) in [6, 6.07) is 2.78. The van der Waals surface area contributed by atoms with E-state index in [-0.39, 0.29) is 5.91 Å². The zero-order valence-electron chi connectivity index (χ0n) is 10.3. The molecule has 102 valence electrons. The third kappa shape index (κ3) is 2.41. The van der Waals surface area contributed by atoms with Crippen molar-refractivity contribution in [3.8, 4) is 5.75 Å². The van der Waals surface area contributed by atoms with E-state index in [2.05, 4.69) is 5.32 Å². The molecule has 2 atom stereocenters. The van der Waals surface area contributed by atoms with Gasteiger partial charge in [-0.25, -0.2) is 0 Å². The summed E-state index contributed by atoms with van der Waals surface area (Å²) in [5, 5.41) is 3.19. The van der Waals surface area contributed by atoms with Crippen LogP contribution in [0.1, 0.15) is 18.0 Å². The van der Waals surface area contributed by atoms with Crippen molar-refractivity contribution < 1.29 is 14.3 Å². The summed E-state index contributed by atoms with van der Waals surface area (Å²) < 4.78 is 11.0. The SMILES string of the molecule is NC1C(=O)Nc2cc(OCC3CCOC3)c(Cl)cc21. The van der Waals surface area contributed by atoms with E-state index >= 15 is 0 Å². The summed E-state index contributed by atoms with van der Waals surface area (Å²) in [4.78, 5) is 11.5. The molecule has 1 amide bonds. The molecule has 0 aromatic heterocycles. The topological polar surface area (TPSA) is 73.6 Å². The molecule has 0 radical (unpaired) electrons. The van der Waals surface area contributed by atoms with Gasteiger partial charge in [-0.2, -0.15) is 0 Å². The molecule has 1 saturated heterocycles. The second-order valence-electron chi connectivity index (χ2n) is 4.88. The van der Waals surface area contributed by atoms with E-state index in [1.807, 2.05) is 0 Å². The van der Waals surface area contributed by atoms with Crippen LogP contribution in [-0.4, -0.2) is 25.7 Å². The normalized spacial score (nSPS) is 25.3. The van der Waals surface area contributed by atoms with Crippen LogP contribution in [0.4, 0.5) is 5.69 Å². The lowest BCUT2D eigenvalue weighted by Gasteiger charge is -2.13. The van der Waals surface area contributed by atoms with Gasteiger partial charge in [0.15, 0.2) is 0 Å². The molecule has 3 N–H and O–H groups in total. The quantitative estimate of drug-likeness (QED) is 0.885. The number of rotatable bonds is 3. The zero-order chi connectivity index (χ0) is 13.4. The van der Waals surface area contributed by atoms with Crippen molar-refractivity contribution in [3.63, 3.8) is 0 Å². The van der Waals surface area contributed by atoms with E-state index < -0.39 is 6.04 Å². The van der Waals surface area contributed by atoms with Gasteiger partial charge in [-0.05, 0) is 12.5 Å². The Balaban J connectivity index is 1.76. The average Bonchev–Trinajstić information content (AvgIpc) is 2.98. The minimum Gasteiger partial charge on any atom is -0.492 e. The molecule has 19 heavy (non-hydrogen) atoms. The molecule has 1 aromatic carbocycles. The van der Waals surface area contributed by atoms with Crippen LogP contribution >= 0.6 is 11.6 Å². The fourth-order valence-corrected chi connectivity index (χ4v) is 2.55. The lowest BCUT2D eigenvalue weighted by atomic mass is 10.1. The smallest absolute Gasteiger partial charge is 0.245 e. The molecule has 2 unspecified atom stereocenters. The number of anilines is 1. The maximum Gasteiger partial charge on any atom is 0.245 e. The van der Waals surface area contributed by atoms with Gasteiger partial charge in [-0.15, -0.1) is 0 Å². The number of fused-ring (bicyclic) bond motifs is 1. The van der Waals surface area contributed by atoms with Crippen molar-refractivity contribution >= 4 is 23.2 Å². The highest BCUT2D eigenvalue weighted by Crippen LogP contribution is 2.37. The average molecular weight is 283 g/mol. The van der Waals surface area contributed by atoms with Crippen LogP contribution in [0.25, 0.3) is 0 Å². The Morgan fingerprint density at radius 3 is 3.11 bits per heavy atom. The number of carbonyl (C=O) groups is 1. The first-order valence-electron chi connectivity index (χ1n) is 6.25. The van der Waals surface area contributed by atoms with Crippen LogP contribution in [0, 0.1) is 5.92 Å². The second kappa shape index (κ2) is 5.00. The van der Waals surface area contributed by atoms with Gasteiger partial charge >= 0.3 is 0 Å². The van der Waals surface area contributed by atoms with Crippen LogP contribution in [0.3, 0.4) is 0 Å². The van der Waals surface area contributed by atoms with Crippen LogP contribution in [-0.2, 0) is 9.53 Å². The standard InChI is InChI=1S/C13H15ClN2O3/c14-9-3-8-10(16-13(17)12(8)15)4-11(9)19-6-7-1-2-18-5-7/h3-4,7,12H,1-2,5-6,15H2,(H,16,17). The van der Waals surface area contributed by atoms with Crippen LogP contribution < -0.4 is 15.8 Å². The van der Waals surface area contributed by atoms with Crippen molar-refractivity contribution in [1.29, 1.82) is 0 Å². The Bertz CT molecular complexity index is 515. The van der Waals surface area contributed by atoms with Gasteiger partial charge in [0.2, 0.25) is 5.91 Å². The molecule has 2 aliphatic heterocycles. The largest absolute Gasteiger partial charge is 0.492 e. The number of ether oxygens (including phenoxy) is 2. The second-order valence-corrected chi connectivity index (χ2v) is 5.28. The van der Waals surface area contributed by atoms with E-state index in [1.54, 1.807) is 12.1 Å². The first kappa shape index (κ1) is 12.7. The summed E-state index contributed by atoms with van der Waals surface area (Å²) >= 11 is 6.16. The van der Waals surface area contributed by atoms with Crippen LogP contribution in [0.2, 0.25) is 5.02 Å². The summed E-state index contributed by atoms with van der Waals surface area (Å²) in [5.74, 6) is 0.760. The molecule has 0 bridgehead atoms. The van der Waals surface area contributed by atoms with Gasteiger partial charge in [0.1, 0.15) is 11.8 Å². The summed E-state index contributed by atoms with van der Waals surface area (Å²) in [6.07, 6.45) is 1.00. The molecule has 0 saturated carbocycles. The van der Waals surface area contributed by atoms with Gasteiger partial charge in [-0.3, -0.25) is 4.79 Å². The van der Waals surface area contributed by atoms with E-state index in [1.165, 1.54) is 0 Å². The van der Waals surface area contributed by atoms with Crippen molar-refractivity contribution in [1.82, 2.24) is 0 Å². The number of halogens is 1. The minimum absolute atomic E-state index is 0.215. The maximum atomic E-state index is 11.5. The lowest BCUT2D eigenvalue weighted by molar-refractivity contribution is -0.116. The molecule has 2 heterocycles. The maximum absolute atomic E-state index is 11.5. The third-order valence-electron chi connectivity index (χ3n) is 3.48. The summed E-state index contributed by atoms with van der Waals surface area (Å²) in [5.41, 5.74) is 7.15. The lowest BCUT2D eigenvalue weighted by Crippen LogP contribution is -2.19. The predicted octanol–water partition coefficient (Wildman–Crippen LogP) is 1.71. The van der Waals surface area contributed by atoms with Gasteiger partial charge in [0.25, 0.3) is 0 Å². The van der Waals surface area contributed by atoms with Crippen LogP contribution in [0.5, 0.6) is 5.75 Å². The Morgan fingerprint density at radius 2 is 2.37 bits per heavy atom. The number of hydrogen-bond donors (Lipinski definition) is 2. The monoisotopic (exact) mass is 282 g/mol. The number of nitrogens with one attached hydrogen (secondary N) is 1. The highest BCUT2D eigenvalue weighted by Gasteiger charge is 2.28. The van der Waals surface area contributed by atoms with Crippen molar-refractivity contribution in [3.05, 3.63) is 22.7 Å². The predicted molar refractivity (Wildman–Crippen MR) is 71.4 cm³/mol. The first-order valence-corrected chi connectivity index (χ1v) is 6.63. The fraction of sp³-hybridized carbons (Fsp3) is 0.462. The number of amides is 1. The Labute approximate surface area is 116 Å². The van der Waals surface area contributed by atoms with Crippen molar-refractivity contribution in [2.45, 2.75) is 12.5 Å². The molecule has 1 aromatic rings. The molecule has 6 heteroatoms.